The van der Waals surface area contributed by atoms with E-state index in [9.17, 15) is 9.59 Å². The Bertz CT molecular complexity index is 432. The van der Waals surface area contributed by atoms with Gasteiger partial charge in [0, 0.05) is 26.6 Å². The molecule has 0 aromatic heterocycles. The molecule has 3 N–H and O–H groups in total. The number of rotatable bonds is 6. The highest BCUT2D eigenvalue weighted by Crippen LogP contribution is 2.03. The van der Waals surface area contributed by atoms with E-state index in [4.69, 9.17) is 0 Å². The van der Waals surface area contributed by atoms with Crippen LogP contribution in [0.3, 0.4) is 0 Å². The van der Waals surface area contributed by atoms with Gasteiger partial charge in [-0.25, -0.2) is 4.79 Å². The van der Waals surface area contributed by atoms with Gasteiger partial charge in [-0.3, -0.25) is 4.79 Å². The molecule has 5 nitrogen and oxygen atoms in total. The van der Waals surface area contributed by atoms with Gasteiger partial charge in [0.2, 0.25) is 5.91 Å². The molecule has 104 valence electrons. The molecule has 0 radical (unpaired) electrons. The van der Waals surface area contributed by atoms with Crippen molar-refractivity contribution >= 4 is 11.9 Å². The molecule has 0 aliphatic rings. The van der Waals surface area contributed by atoms with E-state index in [-0.39, 0.29) is 11.9 Å². The smallest absolute Gasteiger partial charge is 0.314 e. The van der Waals surface area contributed by atoms with Gasteiger partial charge < -0.3 is 16.0 Å². The second kappa shape index (κ2) is 8.13. The summed E-state index contributed by atoms with van der Waals surface area (Å²) in [6.07, 6.45) is 0.806. The van der Waals surface area contributed by atoms with E-state index >= 15 is 0 Å². The number of benzene rings is 1. The van der Waals surface area contributed by atoms with Gasteiger partial charge in [0.1, 0.15) is 0 Å². The highest BCUT2D eigenvalue weighted by Gasteiger charge is 1.99. The van der Waals surface area contributed by atoms with Gasteiger partial charge in [0.25, 0.3) is 0 Å². The van der Waals surface area contributed by atoms with Crippen molar-refractivity contribution < 1.29 is 9.59 Å². The van der Waals surface area contributed by atoms with Crippen molar-refractivity contribution in [2.24, 2.45) is 0 Å². The molecule has 5 heteroatoms. The standard InChI is InChI=1S/C14H21N3O2/c1-11-4-3-5-13(10-11)6-7-16-14(19)17-9-8-15-12(2)18/h3-5,10H,6-9H2,1-2H3,(H,15,18)(H2,16,17,19). The quantitative estimate of drug-likeness (QED) is 0.669. The Hall–Kier alpha value is -2.04. The minimum absolute atomic E-state index is 0.0957. The maximum atomic E-state index is 11.4. The first-order chi connectivity index (χ1) is 9.08. The zero-order valence-corrected chi connectivity index (χ0v) is 11.5. The lowest BCUT2D eigenvalue weighted by atomic mass is 10.1. The average molecular weight is 263 g/mol. The van der Waals surface area contributed by atoms with E-state index in [1.807, 2.05) is 25.1 Å². The predicted molar refractivity (Wildman–Crippen MR) is 75.0 cm³/mol. The summed E-state index contributed by atoms with van der Waals surface area (Å²) in [6, 6.07) is 8.00. The van der Waals surface area contributed by atoms with Crippen LogP contribution >= 0.6 is 0 Å². The molecule has 0 fully saturated rings. The molecule has 0 atom stereocenters. The molecule has 1 aromatic carbocycles. The third kappa shape index (κ3) is 7.08. The Morgan fingerprint density at radius 1 is 1.05 bits per heavy atom. The predicted octanol–water partition coefficient (Wildman–Crippen LogP) is 0.973. The lowest BCUT2D eigenvalue weighted by Gasteiger charge is -2.08. The van der Waals surface area contributed by atoms with Gasteiger partial charge in [-0.05, 0) is 18.9 Å². The van der Waals surface area contributed by atoms with E-state index in [2.05, 4.69) is 22.0 Å². The molecular weight excluding hydrogens is 242 g/mol. The Kier molecular flexibility index (Phi) is 6.43. The van der Waals surface area contributed by atoms with Gasteiger partial charge in [0.15, 0.2) is 0 Å². The third-order valence-corrected chi connectivity index (χ3v) is 2.57. The van der Waals surface area contributed by atoms with Crippen molar-refractivity contribution in [3.8, 4) is 0 Å². The second-order valence-corrected chi connectivity index (χ2v) is 4.40. The third-order valence-electron chi connectivity index (χ3n) is 2.57. The van der Waals surface area contributed by atoms with Gasteiger partial charge in [0.05, 0.1) is 0 Å². The lowest BCUT2D eigenvalue weighted by molar-refractivity contribution is -0.118. The molecule has 19 heavy (non-hydrogen) atoms. The highest BCUT2D eigenvalue weighted by molar-refractivity contribution is 5.74. The van der Waals surface area contributed by atoms with Crippen molar-refractivity contribution in [1.82, 2.24) is 16.0 Å². The van der Waals surface area contributed by atoms with Crippen molar-refractivity contribution in [2.75, 3.05) is 19.6 Å². The largest absolute Gasteiger partial charge is 0.355 e. The Balaban J connectivity index is 2.12. The maximum absolute atomic E-state index is 11.4. The van der Waals surface area contributed by atoms with Crippen LogP contribution in [0.25, 0.3) is 0 Å². The summed E-state index contributed by atoms with van der Waals surface area (Å²) in [6.45, 7) is 4.96. The summed E-state index contributed by atoms with van der Waals surface area (Å²) in [5.41, 5.74) is 2.43. The van der Waals surface area contributed by atoms with E-state index in [0.29, 0.717) is 19.6 Å². The van der Waals surface area contributed by atoms with Gasteiger partial charge >= 0.3 is 6.03 Å². The van der Waals surface area contributed by atoms with Gasteiger partial charge in [-0.15, -0.1) is 0 Å². The minimum atomic E-state index is -0.210. The molecule has 0 saturated carbocycles. The van der Waals surface area contributed by atoms with Crippen LogP contribution in [0.15, 0.2) is 24.3 Å². The molecule has 3 amide bonds. The molecule has 1 rings (SSSR count). The van der Waals surface area contributed by atoms with Crippen LogP contribution in [0.5, 0.6) is 0 Å². The van der Waals surface area contributed by atoms with Crippen LogP contribution in [0.4, 0.5) is 4.79 Å². The topological polar surface area (TPSA) is 70.2 Å². The van der Waals surface area contributed by atoms with Crippen LogP contribution in [0.2, 0.25) is 0 Å². The molecular formula is C14H21N3O2. The van der Waals surface area contributed by atoms with E-state index in [1.165, 1.54) is 18.1 Å². The number of carbonyl (C=O) groups is 2. The molecule has 0 bridgehead atoms. The molecule has 0 aliphatic heterocycles. The molecule has 0 spiro atoms. The summed E-state index contributed by atoms with van der Waals surface area (Å²) in [5.74, 6) is -0.0957. The fourth-order valence-electron chi connectivity index (χ4n) is 1.67. The van der Waals surface area contributed by atoms with Crippen LogP contribution in [-0.4, -0.2) is 31.6 Å². The Morgan fingerprint density at radius 2 is 1.74 bits per heavy atom. The fourth-order valence-corrected chi connectivity index (χ4v) is 1.67. The summed E-state index contributed by atoms with van der Waals surface area (Å²) in [4.78, 5) is 22.0. The SMILES string of the molecule is CC(=O)NCCNC(=O)NCCc1cccc(C)c1. The lowest BCUT2D eigenvalue weighted by Crippen LogP contribution is -2.40. The number of urea groups is 1. The van der Waals surface area contributed by atoms with Crippen molar-refractivity contribution in [1.29, 1.82) is 0 Å². The summed E-state index contributed by atoms with van der Waals surface area (Å²) in [7, 11) is 0. The van der Waals surface area contributed by atoms with Gasteiger partial charge in [-0.2, -0.15) is 0 Å². The number of carbonyl (C=O) groups excluding carboxylic acids is 2. The highest BCUT2D eigenvalue weighted by atomic mass is 16.2. The summed E-state index contributed by atoms with van der Waals surface area (Å²) >= 11 is 0. The molecule has 0 saturated heterocycles. The number of nitrogens with one attached hydrogen (secondary N) is 3. The van der Waals surface area contributed by atoms with Crippen molar-refractivity contribution in [3.63, 3.8) is 0 Å². The average Bonchev–Trinajstić information content (AvgIpc) is 2.34. The normalized spacial score (nSPS) is 9.79. The Morgan fingerprint density at radius 3 is 2.42 bits per heavy atom. The zero-order valence-electron chi connectivity index (χ0n) is 11.5. The monoisotopic (exact) mass is 263 g/mol. The van der Waals surface area contributed by atoms with E-state index < -0.39 is 0 Å². The molecule has 0 unspecified atom stereocenters. The van der Waals surface area contributed by atoms with Crippen LogP contribution < -0.4 is 16.0 Å². The molecule has 0 aliphatic carbocycles. The summed E-state index contributed by atoms with van der Waals surface area (Å²) in [5, 5.41) is 8.05. The maximum Gasteiger partial charge on any atom is 0.314 e. The number of amides is 3. The first kappa shape index (κ1) is 15.0. The Labute approximate surface area is 113 Å². The minimum Gasteiger partial charge on any atom is -0.355 e. The van der Waals surface area contributed by atoms with Crippen LogP contribution in [0.1, 0.15) is 18.1 Å². The summed E-state index contributed by atoms with van der Waals surface area (Å²) < 4.78 is 0. The van der Waals surface area contributed by atoms with Crippen LogP contribution in [-0.2, 0) is 11.2 Å². The number of hydrogen-bond acceptors (Lipinski definition) is 2. The molecule has 1 aromatic rings. The van der Waals surface area contributed by atoms with Crippen molar-refractivity contribution in [3.05, 3.63) is 35.4 Å². The molecule has 0 heterocycles. The van der Waals surface area contributed by atoms with Crippen LogP contribution in [0, 0.1) is 6.92 Å². The van der Waals surface area contributed by atoms with E-state index in [0.717, 1.165) is 6.42 Å². The fraction of sp³-hybridized carbons (Fsp3) is 0.429. The number of hydrogen-bond donors (Lipinski definition) is 3. The number of aryl methyl sites for hydroxylation is 1. The first-order valence-electron chi connectivity index (χ1n) is 6.39. The van der Waals surface area contributed by atoms with Gasteiger partial charge in [-0.1, -0.05) is 29.8 Å². The van der Waals surface area contributed by atoms with Crippen molar-refractivity contribution in [2.45, 2.75) is 20.3 Å². The zero-order chi connectivity index (χ0) is 14.1. The first-order valence-corrected chi connectivity index (χ1v) is 6.39. The second-order valence-electron chi connectivity index (χ2n) is 4.40. The van der Waals surface area contributed by atoms with E-state index in [1.54, 1.807) is 0 Å².